The van der Waals surface area contributed by atoms with Crippen molar-refractivity contribution >= 4 is 23.4 Å². The van der Waals surface area contributed by atoms with E-state index in [9.17, 15) is 14.4 Å². The number of aromatic nitrogens is 4. The number of aromatic amines is 1. The van der Waals surface area contributed by atoms with Gasteiger partial charge in [0.2, 0.25) is 17.6 Å². The van der Waals surface area contributed by atoms with Crippen molar-refractivity contribution in [2.24, 2.45) is 11.8 Å². The Balaban J connectivity index is 1.62. The van der Waals surface area contributed by atoms with Crippen molar-refractivity contribution in [2.45, 2.75) is 25.7 Å². The molecule has 1 aliphatic carbocycles. The SMILES string of the molecule is COc1ccc(-c2nc3[nH]c(=O)cc(N4C(=O)[C@H]5CCCC[C@H]5C4=O)n3n2)cc1. The number of imide groups is 1. The molecule has 1 saturated carbocycles. The number of anilines is 1. The number of amides is 2. The Morgan fingerprint density at radius 3 is 2.31 bits per heavy atom. The van der Waals surface area contributed by atoms with Crippen molar-refractivity contribution in [3.05, 3.63) is 40.7 Å². The molecule has 2 atom stereocenters. The van der Waals surface area contributed by atoms with Crippen molar-refractivity contribution in [1.82, 2.24) is 19.6 Å². The lowest BCUT2D eigenvalue weighted by molar-refractivity contribution is -0.122. The fraction of sp³-hybridized carbons (Fsp3) is 0.350. The minimum absolute atomic E-state index is 0.139. The van der Waals surface area contributed by atoms with E-state index >= 15 is 0 Å². The van der Waals surface area contributed by atoms with Gasteiger partial charge < -0.3 is 4.74 Å². The van der Waals surface area contributed by atoms with Crippen LogP contribution in [0.4, 0.5) is 5.82 Å². The summed E-state index contributed by atoms with van der Waals surface area (Å²) in [5.74, 6) is 0.246. The predicted molar refractivity (Wildman–Crippen MR) is 104 cm³/mol. The molecule has 2 amide bonds. The molecule has 3 heterocycles. The molecule has 3 aromatic rings. The molecule has 0 radical (unpaired) electrons. The third kappa shape index (κ3) is 2.72. The topological polar surface area (TPSA) is 110 Å². The first-order valence-electron chi connectivity index (χ1n) is 9.59. The lowest BCUT2D eigenvalue weighted by Crippen LogP contribution is -2.34. The zero-order valence-electron chi connectivity index (χ0n) is 15.8. The monoisotopic (exact) mass is 393 g/mol. The molecule has 1 saturated heterocycles. The van der Waals surface area contributed by atoms with Crippen LogP contribution >= 0.6 is 0 Å². The molecule has 2 aliphatic rings. The summed E-state index contributed by atoms with van der Waals surface area (Å²) in [6.45, 7) is 0. The van der Waals surface area contributed by atoms with Gasteiger partial charge in [-0.2, -0.15) is 9.50 Å². The largest absolute Gasteiger partial charge is 0.497 e. The quantitative estimate of drug-likeness (QED) is 0.679. The standard InChI is InChI=1S/C20H19N5O4/c1-29-12-8-6-11(7-9-12)17-22-20-21-15(26)10-16(25(20)23-17)24-18(27)13-4-2-3-5-14(13)19(24)28/h6-10,13-14H,2-5H2,1H3,(H,21,22,23,26)/t13-,14+. The molecule has 0 spiro atoms. The number of fused-ring (bicyclic) bond motifs is 2. The molecule has 0 unspecified atom stereocenters. The van der Waals surface area contributed by atoms with Crippen molar-refractivity contribution < 1.29 is 14.3 Å². The third-order valence-electron chi connectivity index (χ3n) is 5.74. The van der Waals surface area contributed by atoms with Crippen LogP contribution in [0.5, 0.6) is 5.75 Å². The summed E-state index contributed by atoms with van der Waals surface area (Å²) in [7, 11) is 1.58. The van der Waals surface area contributed by atoms with E-state index in [2.05, 4.69) is 15.1 Å². The summed E-state index contributed by atoms with van der Waals surface area (Å²) < 4.78 is 6.52. The second-order valence-electron chi connectivity index (χ2n) is 7.40. The van der Waals surface area contributed by atoms with Gasteiger partial charge in [-0.3, -0.25) is 19.4 Å². The summed E-state index contributed by atoms with van der Waals surface area (Å²) in [6, 6.07) is 8.39. The number of rotatable bonds is 3. The minimum Gasteiger partial charge on any atom is -0.497 e. The van der Waals surface area contributed by atoms with Crippen LogP contribution < -0.4 is 15.2 Å². The number of carbonyl (C=O) groups excluding carboxylic acids is 2. The molecule has 1 aliphatic heterocycles. The highest BCUT2D eigenvalue weighted by atomic mass is 16.5. The number of methoxy groups -OCH3 is 1. The van der Waals surface area contributed by atoms with E-state index in [1.165, 1.54) is 10.6 Å². The van der Waals surface area contributed by atoms with Crippen LogP contribution in [-0.4, -0.2) is 38.5 Å². The van der Waals surface area contributed by atoms with E-state index in [4.69, 9.17) is 4.74 Å². The molecule has 9 nitrogen and oxygen atoms in total. The van der Waals surface area contributed by atoms with E-state index in [0.29, 0.717) is 30.0 Å². The van der Waals surface area contributed by atoms with Crippen LogP contribution in [0.25, 0.3) is 17.2 Å². The normalized spacial score (nSPS) is 21.6. The van der Waals surface area contributed by atoms with Gasteiger partial charge in [-0.15, -0.1) is 5.10 Å². The Bertz CT molecular complexity index is 1160. The van der Waals surface area contributed by atoms with Crippen molar-refractivity contribution in [3.63, 3.8) is 0 Å². The van der Waals surface area contributed by atoms with Crippen molar-refractivity contribution in [3.8, 4) is 17.1 Å². The molecular formula is C20H19N5O4. The number of benzene rings is 1. The molecule has 1 N–H and O–H groups in total. The molecule has 5 rings (SSSR count). The number of hydrogen-bond acceptors (Lipinski definition) is 6. The molecule has 148 valence electrons. The number of nitrogens with zero attached hydrogens (tertiary/aromatic N) is 4. The second kappa shape index (κ2) is 6.54. The maximum absolute atomic E-state index is 13.0. The van der Waals surface area contributed by atoms with Crippen molar-refractivity contribution in [1.29, 1.82) is 0 Å². The Labute approximate surface area is 165 Å². The first kappa shape index (κ1) is 17.6. The van der Waals surface area contributed by atoms with E-state index in [0.717, 1.165) is 17.7 Å². The Morgan fingerprint density at radius 2 is 1.69 bits per heavy atom. The van der Waals surface area contributed by atoms with Gasteiger partial charge in [0.25, 0.3) is 5.56 Å². The average Bonchev–Trinajstić information content (AvgIpc) is 3.27. The van der Waals surface area contributed by atoms with Gasteiger partial charge in [-0.25, -0.2) is 4.90 Å². The predicted octanol–water partition coefficient (Wildman–Crippen LogP) is 1.77. The van der Waals surface area contributed by atoms with Crippen LogP contribution in [0, 0.1) is 11.8 Å². The van der Waals surface area contributed by atoms with Crippen LogP contribution in [0.3, 0.4) is 0 Å². The minimum atomic E-state index is -0.448. The van der Waals surface area contributed by atoms with Gasteiger partial charge in [-0.1, -0.05) is 12.8 Å². The Kier molecular flexibility index (Phi) is 3.97. The van der Waals surface area contributed by atoms with E-state index in [-0.39, 0.29) is 35.2 Å². The summed E-state index contributed by atoms with van der Waals surface area (Å²) in [6.07, 6.45) is 3.27. The van der Waals surface area contributed by atoms with E-state index in [1.54, 1.807) is 31.4 Å². The summed E-state index contributed by atoms with van der Waals surface area (Å²) in [5.41, 5.74) is 0.269. The van der Waals surface area contributed by atoms with Gasteiger partial charge in [0.05, 0.1) is 18.9 Å². The van der Waals surface area contributed by atoms with Gasteiger partial charge in [-0.05, 0) is 37.1 Å². The molecule has 2 aromatic heterocycles. The molecule has 29 heavy (non-hydrogen) atoms. The average molecular weight is 393 g/mol. The molecule has 9 heteroatoms. The highest BCUT2D eigenvalue weighted by Crippen LogP contribution is 2.39. The van der Waals surface area contributed by atoms with Gasteiger partial charge >= 0.3 is 0 Å². The first-order valence-corrected chi connectivity index (χ1v) is 9.59. The van der Waals surface area contributed by atoms with Crippen LogP contribution in [0.1, 0.15) is 25.7 Å². The zero-order chi connectivity index (χ0) is 20.1. The van der Waals surface area contributed by atoms with Crippen LogP contribution in [-0.2, 0) is 9.59 Å². The summed E-state index contributed by atoms with van der Waals surface area (Å²) >= 11 is 0. The maximum atomic E-state index is 13.0. The highest BCUT2D eigenvalue weighted by molar-refractivity contribution is 6.21. The Hall–Kier alpha value is -3.49. The number of H-pyrrole nitrogens is 1. The third-order valence-corrected chi connectivity index (χ3v) is 5.74. The van der Waals surface area contributed by atoms with E-state index in [1.807, 2.05) is 0 Å². The number of carbonyl (C=O) groups is 2. The zero-order valence-corrected chi connectivity index (χ0v) is 15.8. The Morgan fingerprint density at radius 1 is 1.03 bits per heavy atom. The van der Waals surface area contributed by atoms with Crippen molar-refractivity contribution in [2.75, 3.05) is 12.0 Å². The summed E-state index contributed by atoms with van der Waals surface area (Å²) in [4.78, 5) is 46.3. The van der Waals surface area contributed by atoms with Gasteiger partial charge in [0.15, 0.2) is 11.6 Å². The molecule has 2 fully saturated rings. The highest BCUT2D eigenvalue weighted by Gasteiger charge is 2.49. The number of nitrogens with one attached hydrogen (secondary N) is 1. The fourth-order valence-electron chi connectivity index (χ4n) is 4.29. The number of hydrogen-bond donors (Lipinski definition) is 1. The smallest absolute Gasteiger partial charge is 0.254 e. The van der Waals surface area contributed by atoms with Gasteiger partial charge in [0, 0.05) is 11.6 Å². The van der Waals surface area contributed by atoms with E-state index < -0.39 is 5.56 Å². The maximum Gasteiger partial charge on any atom is 0.254 e. The fourth-order valence-corrected chi connectivity index (χ4v) is 4.29. The summed E-state index contributed by atoms with van der Waals surface area (Å²) in [5, 5.41) is 4.46. The second-order valence-corrected chi connectivity index (χ2v) is 7.40. The lowest BCUT2D eigenvalue weighted by Gasteiger charge is -2.19. The van der Waals surface area contributed by atoms with Crippen LogP contribution in [0.15, 0.2) is 35.1 Å². The lowest BCUT2D eigenvalue weighted by atomic mass is 9.81. The molecule has 1 aromatic carbocycles. The van der Waals surface area contributed by atoms with Gasteiger partial charge in [0.1, 0.15) is 5.75 Å². The molecular weight excluding hydrogens is 374 g/mol. The number of ether oxygens (including phenoxy) is 1. The first-order chi connectivity index (χ1) is 14.1. The van der Waals surface area contributed by atoms with Crippen LogP contribution in [0.2, 0.25) is 0 Å². The molecule has 0 bridgehead atoms.